The van der Waals surface area contributed by atoms with Gasteiger partial charge in [0.25, 0.3) is 5.91 Å². The van der Waals surface area contributed by atoms with Crippen LogP contribution in [0.15, 0.2) is 48.9 Å². The number of carbonyl (C=O) groups is 1. The smallest absolute Gasteiger partial charge is 0.257 e. The molecule has 0 spiro atoms. The fourth-order valence-electron chi connectivity index (χ4n) is 3.16. The number of nitrogens with one attached hydrogen (secondary N) is 1. The minimum absolute atomic E-state index is 0.202. The first-order valence-corrected chi connectivity index (χ1v) is 9.27. The number of rotatable bonds is 5. The van der Waals surface area contributed by atoms with Crippen molar-refractivity contribution < 1.29 is 4.79 Å². The number of fused-ring (bicyclic) bond motifs is 1. The van der Waals surface area contributed by atoms with Gasteiger partial charge in [-0.1, -0.05) is 29.8 Å². The number of hydrogen-bond acceptors (Lipinski definition) is 4. The Hall–Kier alpha value is -3.48. The topological polar surface area (TPSA) is 77.1 Å². The second-order valence-electron chi connectivity index (χ2n) is 6.77. The average molecular weight is 374 g/mol. The first-order chi connectivity index (χ1) is 13.6. The molecule has 3 heterocycles. The van der Waals surface area contributed by atoms with Gasteiger partial charge in [0.05, 0.1) is 17.6 Å². The monoisotopic (exact) mass is 374 g/mol. The van der Waals surface area contributed by atoms with Crippen molar-refractivity contribution in [3.8, 4) is 11.3 Å². The highest BCUT2D eigenvalue weighted by atomic mass is 16.1. The molecule has 7 nitrogen and oxygen atoms in total. The Morgan fingerprint density at radius 3 is 2.64 bits per heavy atom. The highest BCUT2D eigenvalue weighted by Gasteiger charge is 2.16. The minimum Gasteiger partial charge on any atom is -0.348 e. The van der Waals surface area contributed by atoms with Crippen molar-refractivity contribution in [2.24, 2.45) is 0 Å². The van der Waals surface area contributed by atoms with Gasteiger partial charge in [-0.3, -0.25) is 9.48 Å². The Kier molecular flexibility index (Phi) is 4.65. The van der Waals surface area contributed by atoms with Gasteiger partial charge in [-0.05, 0) is 26.8 Å². The molecular formula is C21H22N6O. The number of nitrogens with zero attached hydrogens (tertiary/aromatic N) is 5. The van der Waals surface area contributed by atoms with Gasteiger partial charge in [0.1, 0.15) is 5.56 Å². The van der Waals surface area contributed by atoms with Crippen LogP contribution in [-0.4, -0.2) is 30.3 Å². The van der Waals surface area contributed by atoms with E-state index in [2.05, 4.69) is 32.6 Å². The molecule has 7 heteroatoms. The lowest BCUT2D eigenvalue weighted by Crippen LogP contribution is -2.23. The molecule has 1 amide bonds. The lowest BCUT2D eigenvalue weighted by Gasteiger charge is -2.06. The Bertz CT molecular complexity index is 1140. The summed E-state index contributed by atoms with van der Waals surface area (Å²) in [5.74, 6) is -0.202. The van der Waals surface area contributed by atoms with E-state index < -0.39 is 0 Å². The first-order valence-electron chi connectivity index (χ1n) is 9.27. The first kappa shape index (κ1) is 17.9. The Labute approximate surface area is 163 Å². The van der Waals surface area contributed by atoms with Crippen molar-refractivity contribution in [1.29, 1.82) is 0 Å². The maximum Gasteiger partial charge on any atom is 0.257 e. The zero-order chi connectivity index (χ0) is 19.7. The van der Waals surface area contributed by atoms with Crippen LogP contribution >= 0.6 is 0 Å². The Balaban J connectivity index is 1.60. The second kappa shape index (κ2) is 7.26. The van der Waals surface area contributed by atoms with E-state index in [1.165, 1.54) is 5.56 Å². The lowest BCUT2D eigenvalue weighted by molar-refractivity contribution is 0.0952. The number of hydrogen-bond donors (Lipinski definition) is 1. The van der Waals surface area contributed by atoms with E-state index in [0.717, 1.165) is 29.1 Å². The van der Waals surface area contributed by atoms with Crippen LogP contribution < -0.4 is 5.32 Å². The van der Waals surface area contributed by atoms with Crippen LogP contribution in [0.4, 0.5) is 0 Å². The molecule has 0 saturated heterocycles. The summed E-state index contributed by atoms with van der Waals surface area (Å²) in [7, 11) is 0. The molecule has 0 radical (unpaired) electrons. The summed E-state index contributed by atoms with van der Waals surface area (Å²) in [5, 5.41) is 11.8. The molecule has 1 N–H and O–H groups in total. The standard InChI is InChI=1S/C21H22N6O/c1-4-26-13-17(15(3)25-26)11-23-21(28)18-12-24-27-19(9-10-22-20(18)27)16-7-5-14(2)6-8-16/h5-10,12-13H,4,11H2,1-3H3,(H,23,28). The second-order valence-corrected chi connectivity index (χ2v) is 6.77. The molecule has 1 aromatic carbocycles. The molecule has 0 fully saturated rings. The van der Waals surface area contributed by atoms with E-state index >= 15 is 0 Å². The number of aromatic nitrogens is 5. The summed E-state index contributed by atoms with van der Waals surface area (Å²) in [6.07, 6.45) is 5.23. The SMILES string of the molecule is CCn1cc(CNC(=O)c2cnn3c(-c4ccc(C)cc4)ccnc23)c(C)n1. The van der Waals surface area contributed by atoms with Crippen LogP contribution in [0.3, 0.4) is 0 Å². The molecule has 28 heavy (non-hydrogen) atoms. The molecule has 3 aromatic heterocycles. The van der Waals surface area contributed by atoms with Crippen LogP contribution in [0.2, 0.25) is 0 Å². The number of benzene rings is 1. The molecule has 0 saturated carbocycles. The van der Waals surface area contributed by atoms with Crippen LogP contribution in [-0.2, 0) is 13.1 Å². The van der Waals surface area contributed by atoms with Gasteiger partial charge in [0.2, 0.25) is 0 Å². The summed E-state index contributed by atoms with van der Waals surface area (Å²) < 4.78 is 3.57. The largest absolute Gasteiger partial charge is 0.348 e. The summed E-state index contributed by atoms with van der Waals surface area (Å²) in [4.78, 5) is 17.1. The molecule has 0 unspecified atom stereocenters. The van der Waals surface area contributed by atoms with E-state index in [4.69, 9.17) is 0 Å². The van der Waals surface area contributed by atoms with E-state index in [0.29, 0.717) is 17.8 Å². The molecule has 0 aliphatic carbocycles. The summed E-state index contributed by atoms with van der Waals surface area (Å²) in [5.41, 5.74) is 6.02. The molecule has 142 valence electrons. The highest BCUT2D eigenvalue weighted by molar-refractivity contribution is 5.99. The van der Waals surface area contributed by atoms with Gasteiger partial charge >= 0.3 is 0 Å². The van der Waals surface area contributed by atoms with Crippen molar-refractivity contribution >= 4 is 11.6 Å². The van der Waals surface area contributed by atoms with Gasteiger partial charge in [0, 0.05) is 36.6 Å². The third-order valence-electron chi connectivity index (χ3n) is 4.80. The minimum atomic E-state index is -0.202. The molecule has 4 rings (SSSR count). The normalized spacial score (nSPS) is 11.1. The van der Waals surface area contributed by atoms with Crippen LogP contribution in [0, 0.1) is 13.8 Å². The van der Waals surface area contributed by atoms with E-state index in [-0.39, 0.29) is 5.91 Å². The Morgan fingerprint density at radius 1 is 1.14 bits per heavy atom. The Morgan fingerprint density at radius 2 is 1.93 bits per heavy atom. The van der Waals surface area contributed by atoms with E-state index in [1.54, 1.807) is 16.9 Å². The van der Waals surface area contributed by atoms with Crippen molar-refractivity contribution in [3.05, 3.63) is 71.3 Å². The van der Waals surface area contributed by atoms with Crippen LogP contribution in [0.5, 0.6) is 0 Å². The van der Waals surface area contributed by atoms with Gasteiger partial charge < -0.3 is 5.32 Å². The quantitative estimate of drug-likeness (QED) is 0.582. The van der Waals surface area contributed by atoms with Gasteiger partial charge in [0.15, 0.2) is 5.65 Å². The molecule has 0 atom stereocenters. The predicted molar refractivity (Wildman–Crippen MR) is 107 cm³/mol. The molecular weight excluding hydrogens is 352 g/mol. The highest BCUT2D eigenvalue weighted by Crippen LogP contribution is 2.21. The van der Waals surface area contributed by atoms with Crippen LogP contribution in [0.25, 0.3) is 16.9 Å². The third-order valence-corrected chi connectivity index (χ3v) is 4.80. The molecule has 0 bridgehead atoms. The number of carbonyl (C=O) groups excluding carboxylic acids is 1. The maximum absolute atomic E-state index is 12.7. The number of amides is 1. The zero-order valence-electron chi connectivity index (χ0n) is 16.2. The number of aryl methyl sites for hydroxylation is 3. The fraction of sp³-hybridized carbons (Fsp3) is 0.238. The summed E-state index contributed by atoms with van der Waals surface area (Å²) >= 11 is 0. The summed E-state index contributed by atoms with van der Waals surface area (Å²) in [6.45, 7) is 7.24. The molecule has 0 aliphatic rings. The maximum atomic E-state index is 12.7. The molecule has 0 aliphatic heterocycles. The van der Waals surface area contributed by atoms with E-state index in [9.17, 15) is 4.79 Å². The fourth-order valence-corrected chi connectivity index (χ4v) is 3.16. The van der Waals surface area contributed by atoms with Crippen molar-refractivity contribution in [1.82, 2.24) is 29.7 Å². The van der Waals surface area contributed by atoms with Gasteiger partial charge in [-0.15, -0.1) is 0 Å². The van der Waals surface area contributed by atoms with Crippen molar-refractivity contribution in [2.75, 3.05) is 0 Å². The predicted octanol–water partition coefficient (Wildman–Crippen LogP) is 3.16. The van der Waals surface area contributed by atoms with Gasteiger partial charge in [-0.25, -0.2) is 9.50 Å². The van der Waals surface area contributed by atoms with E-state index in [1.807, 2.05) is 49.8 Å². The van der Waals surface area contributed by atoms with Crippen molar-refractivity contribution in [3.63, 3.8) is 0 Å². The van der Waals surface area contributed by atoms with Crippen molar-refractivity contribution in [2.45, 2.75) is 33.9 Å². The molecule has 4 aromatic rings. The van der Waals surface area contributed by atoms with Crippen LogP contribution in [0.1, 0.15) is 34.1 Å². The summed E-state index contributed by atoms with van der Waals surface area (Å²) in [6, 6.07) is 10.1. The van der Waals surface area contributed by atoms with Gasteiger partial charge in [-0.2, -0.15) is 10.2 Å². The zero-order valence-corrected chi connectivity index (χ0v) is 16.2. The lowest BCUT2D eigenvalue weighted by atomic mass is 10.1. The average Bonchev–Trinajstić information content (AvgIpc) is 3.30. The third kappa shape index (κ3) is 3.26.